The molecule has 1 aliphatic heterocycles. The molecule has 3 aromatic rings. The van der Waals surface area contributed by atoms with E-state index in [1.807, 2.05) is 0 Å². The fourth-order valence-electron chi connectivity index (χ4n) is 3.98. The molecule has 1 aliphatic rings. The van der Waals surface area contributed by atoms with Gasteiger partial charge in [0.1, 0.15) is 12.4 Å². The van der Waals surface area contributed by atoms with Crippen molar-refractivity contribution in [3.63, 3.8) is 0 Å². The Hall–Kier alpha value is -2.27. The van der Waals surface area contributed by atoms with Crippen LogP contribution in [0.5, 0.6) is 0 Å². The first kappa shape index (κ1) is 16.2. The zero-order valence-electron chi connectivity index (χ0n) is 15.5. The monoisotopic (exact) mass is 353 g/mol. The smallest absolute Gasteiger partial charge is 0.342 e. The largest absolute Gasteiger partial charge is 0.346 e. The van der Waals surface area contributed by atoms with E-state index in [0.29, 0.717) is 0 Å². The van der Waals surface area contributed by atoms with Gasteiger partial charge in [0.25, 0.3) is 0 Å². The molecule has 0 fully saturated rings. The molecule has 0 spiro atoms. The molecule has 5 heteroatoms. The van der Waals surface area contributed by atoms with Crippen LogP contribution in [0.4, 0.5) is 5.13 Å². The average molecular weight is 354 g/mol. The summed E-state index contributed by atoms with van der Waals surface area (Å²) in [6.07, 6.45) is 6.79. The Bertz CT molecular complexity index is 950. The number of aromatic nitrogens is 2. The van der Waals surface area contributed by atoms with Crippen LogP contribution < -0.4 is 9.47 Å². The van der Waals surface area contributed by atoms with Crippen molar-refractivity contribution in [3.8, 4) is 0 Å². The third-order valence-corrected chi connectivity index (χ3v) is 6.36. The minimum atomic E-state index is -0.117. The number of rotatable bonds is 3. The number of nitrogens with zero attached hydrogens (tertiary/aromatic N) is 4. The predicted octanol–water partition coefficient (Wildman–Crippen LogP) is 3.94. The Morgan fingerprint density at radius 2 is 1.92 bits per heavy atom. The van der Waals surface area contributed by atoms with Gasteiger partial charge in [-0.05, 0) is 38.3 Å². The molecular weight excluding hydrogens is 328 g/mol. The van der Waals surface area contributed by atoms with E-state index in [4.69, 9.17) is 0 Å². The summed E-state index contributed by atoms with van der Waals surface area (Å²) < 4.78 is 4.50. The third-order valence-electron chi connectivity index (χ3n) is 5.40. The number of hydrogen-bond donors (Lipinski definition) is 0. The van der Waals surface area contributed by atoms with E-state index in [9.17, 15) is 0 Å². The third kappa shape index (κ3) is 2.37. The summed E-state index contributed by atoms with van der Waals surface area (Å²) in [6, 6.07) is 10.9. The maximum Gasteiger partial charge on any atom is 0.342 e. The first-order valence-electron chi connectivity index (χ1n) is 8.64. The van der Waals surface area contributed by atoms with Crippen LogP contribution in [0.25, 0.3) is 10.9 Å². The summed E-state index contributed by atoms with van der Waals surface area (Å²) in [7, 11) is 4.27. The zero-order chi connectivity index (χ0) is 17.8. The number of aryl methyl sites for hydroxylation is 2. The normalized spacial score (nSPS) is 17.9. The molecule has 2 aromatic heterocycles. The number of benzene rings is 1. The van der Waals surface area contributed by atoms with Crippen LogP contribution in [-0.2, 0) is 19.6 Å². The van der Waals surface area contributed by atoms with Crippen molar-refractivity contribution in [1.29, 1.82) is 0 Å². The first-order chi connectivity index (χ1) is 11.9. The minimum absolute atomic E-state index is 0.117. The van der Waals surface area contributed by atoms with Crippen LogP contribution in [0.15, 0.2) is 54.3 Å². The second-order valence-electron chi connectivity index (χ2n) is 7.25. The van der Waals surface area contributed by atoms with Crippen LogP contribution in [0.1, 0.15) is 26.5 Å². The van der Waals surface area contributed by atoms with Gasteiger partial charge < -0.3 is 9.47 Å². The van der Waals surface area contributed by atoms with Crippen molar-refractivity contribution in [1.82, 2.24) is 9.47 Å². The van der Waals surface area contributed by atoms with E-state index in [0.717, 1.165) is 0 Å². The van der Waals surface area contributed by atoms with Gasteiger partial charge in [-0.3, -0.25) is 0 Å². The Balaban J connectivity index is 1.72. The number of thiazole rings is 1. The molecule has 4 nitrogen and oxygen atoms in total. The van der Waals surface area contributed by atoms with Crippen LogP contribution in [-0.4, -0.2) is 15.6 Å². The second-order valence-corrected chi connectivity index (χ2v) is 8.12. The highest BCUT2D eigenvalue weighted by Gasteiger charge is 2.41. The summed E-state index contributed by atoms with van der Waals surface area (Å²) >= 11 is 1.77. The summed E-state index contributed by atoms with van der Waals surface area (Å²) in [4.78, 5) is 4.79. The number of anilines is 1. The SMILES string of the molecule is C[C@@H]1N(c2scc[n+]2C)C=CN1C(C)(C)c1cc2ccccc2n1C. The van der Waals surface area contributed by atoms with Crippen molar-refractivity contribution >= 4 is 27.4 Å². The topological polar surface area (TPSA) is 15.3 Å². The maximum absolute atomic E-state index is 2.45. The molecule has 3 heterocycles. The van der Waals surface area contributed by atoms with E-state index in [1.165, 1.54) is 21.7 Å². The van der Waals surface area contributed by atoms with E-state index in [2.05, 4.69) is 108 Å². The summed E-state index contributed by atoms with van der Waals surface area (Å²) in [5.74, 6) is 0. The van der Waals surface area contributed by atoms with Crippen molar-refractivity contribution in [2.45, 2.75) is 32.5 Å². The van der Waals surface area contributed by atoms with E-state index < -0.39 is 0 Å². The van der Waals surface area contributed by atoms with Gasteiger partial charge in [0, 0.05) is 29.8 Å². The molecule has 0 bridgehead atoms. The van der Waals surface area contributed by atoms with Gasteiger partial charge in [-0.1, -0.05) is 29.5 Å². The van der Waals surface area contributed by atoms with Crippen LogP contribution in [0.2, 0.25) is 0 Å². The first-order valence-corrected chi connectivity index (χ1v) is 9.52. The quantitative estimate of drug-likeness (QED) is 0.663. The molecule has 130 valence electrons. The lowest BCUT2D eigenvalue weighted by Crippen LogP contribution is -2.48. The molecule has 1 atom stereocenters. The maximum atomic E-state index is 2.45. The molecule has 0 amide bonds. The van der Waals surface area contributed by atoms with Gasteiger partial charge in [-0.2, -0.15) is 0 Å². The predicted molar refractivity (Wildman–Crippen MR) is 104 cm³/mol. The lowest BCUT2D eigenvalue weighted by Gasteiger charge is -2.39. The van der Waals surface area contributed by atoms with Gasteiger partial charge in [-0.15, -0.1) is 0 Å². The lowest BCUT2D eigenvalue weighted by atomic mass is 9.97. The molecule has 0 radical (unpaired) electrons. The molecule has 0 unspecified atom stereocenters. The highest BCUT2D eigenvalue weighted by molar-refractivity contribution is 7.13. The highest BCUT2D eigenvalue weighted by Crippen LogP contribution is 2.37. The number of fused-ring (bicyclic) bond motifs is 1. The highest BCUT2D eigenvalue weighted by atomic mass is 32.1. The number of hydrogen-bond acceptors (Lipinski definition) is 3. The second kappa shape index (κ2) is 5.63. The Morgan fingerprint density at radius 1 is 1.16 bits per heavy atom. The lowest BCUT2D eigenvalue weighted by molar-refractivity contribution is -0.654. The average Bonchev–Trinajstić information content (AvgIpc) is 3.26. The Labute approximate surface area is 153 Å². The number of para-hydroxylation sites is 1. The Morgan fingerprint density at radius 3 is 2.60 bits per heavy atom. The summed E-state index contributed by atoms with van der Waals surface area (Å²) in [6.45, 7) is 6.88. The van der Waals surface area contributed by atoms with Crippen molar-refractivity contribution in [2.75, 3.05) is 4.90 Å². The van der Waals surface area contributed by atoms with E-state index in [1.54, 1.807) is 11.3 Å². The zero-order valence-corrected chi connectivity index (χ0v) is 16.3. The van der Waals surface area contributed by atoms with Crippen molar-refractivity contribution in [3.05, 3.63) is 60.0 Å². The standard InChI is InChI=1S/C20H25N4S/c1-15-23(19-21(4)12-13-25-19)10-11-24(15)20(2,3)18-14-16-8-6-7-9-17(16)22(18)5/h6-15H,1-5H3/q+1/t15-/m1/s1. The van der Waals surface area contributed by atoms with Gasteiger partial charge >= 0.3 is 5.13 Å². The van der Waals surface area contributed by atoms with Crippen LogP contribution in [0, 0.1) is 0 Å². The van der Waals surface area contributed by atoms with Crippen LogP contribution >= 0.6 is 11.3 Å². The summed E-state index contributed by atoms with van der Waals surface area (Å²) in [5.41, 5.74) is 2.49. The minimum Gasteiger partial charge on any atom is -0.346 e. The van der Waals surface area contributed by atoms with Crippen molar-refractivity contribution in [2.24, 2.45) is 14.1 Å². The molecule has 0 aliphatic carbocycles. The summed E-state index contributed by atoms with van der Waals surface area (Å²) in [5, 5.41) is 4.68. The molecule has 1 aromatic carbocycles. The van der Waals surface area contributed by atoms with Crippen molar-refractivity contribution < 1.29 is 4.57 Å². The van der Waals surface area contributed by atoms with Gasteiger partial charge in [0.05, 0.1) is 12.6 Å². The van der Waals surface area contributed by atoms with Gasteiger partial charge in [0.15, 0.2) is 6.17 Å². The Kier molecular flexibility index (Phi) is 3.65. The van der Waals surface area contributed by atoms with Gasteiger partial charge in [-0.25, -0.2) is 9.47 Å². The fourth-order valence-corrected chi connectivity index (χ4v) is 4.91. The fraction of sp³-hybridized carbons (Fsp3) is 0.350. The van der Waals surface area contributed by atoms with E-state index >= 15 is 0 Å². The molecule has 4 rings (SSSR count). The van der Waals surface area contributed by atoms with E-state index in [-0.39, 0.29) is 11.7 Å². The molecule has 0 N–H and O–H groups in total. The molecular formula is C20H25N4S+. The molecule has 0 saturated carbocycles. The molecule has 0 saturated heterocycles. The van der Waals surface area contributed by atoms with Crippen LogP contribution in [0.3, 0.4) is 0 Å². The molecule has 25 heavy (non-hydrogen) atoms. The van der Waals surface area contributed by atoms with Gasteiger partial charge in [0.2, 0.25) is 0 Å².